The number of rotatable bonds is 7. The number of nitrogens with one attached hydrogen (secondary N) is 1. The summed E-state index contributed by atoms with van der Waals surface area (Å²) in [4.78, 5) is 38.6. The van der Waals surface area contributed by atoms with Crippen LogP contribution < -0.4 is 16.6 Å². The summed E-state index contributed by atoms with van der Waals surface area (Å²) < 4.78 is 6.91. The summed E-state index contributed by atoms with van der Waals surface area (Å²) in [5.74, 6) is -0.689. The number of methoxy groups -OCH3 is 1. The van der Waals surface area contributed by atoms with Gasteiger partial charge in [0, 0.05) is 18.7 Å². The zero-order chi connectivity index (χ0) is 21.7. The molecule has 0 atom stereocenters. The summed E-state index contributed by atoms with van der Waals surface area (Å²) in [5.41, 5.74) is 0.257. The quantitative estimate of drug-likeness (QED) is 0.579. The number of ether oxygens (including phenoxy) is 1. The summed E-state index contributed by atoms with van der Waals surface area (Å²) in [6, 6.07) is 13.9. The van der Waals surface area contributed by atoms with E-state index in [1.807, 2.05) is 25.1 Å². The van der Waals surface area contributed by atoms with Crippen molar-refractivity contribution in [1.82, 2.24) is 19.7 Å². The maximum absolute atomic E-state index is 13.1. The molecule has 8 nitrogen and oxygen atoms in total. The van der Waals surface area contributed by atoms with Crippen LogP contribution in [0.1, 0.15) is 21.6 Å². The first-order chi connectivity index (χ1) is 14.4. The van der Waals surface area contributed by atoms with Crippen LogP contribution >= 0.6 is 11.6 Å². The molecule has 0 radical (unpaired) electrons. The maximum Gasteiger partial charge on any atom is 0.352 e. The van der Waals surface area contributed by atoms with Gasteiger partial charge < -0.3 is 10.1 Å². The predicted molar refractivity (Wildman–Crippen MR) is 114 cm³/mol. The van der Waals surface area contributed by atoms with Crippen molar-refractivity contribution in [2.45, 2.75) is 13.5 Å². The molecular formula is C21H21ClN4O4. The standard InChI is InChI=1S/C21H21ClN4O4/c1-14-5-3-6-15(11-14)13-25-20(28)18(19(27)23-9-10-30-2)24-26(21(25)29)17-8-4-7-16(22)12-17/h3-8,11-12H,9-10,13H2,1-2H3,(H,23,27). The highest BCUT2D eigenvalue weighted by atomic mass is 35.5. The van der Waals surface area contributed by atoms with E-state index in [1.54, 1.807) is 24.3 Å². The average molecular weight is 429 g/mol. The number of hydrogen-bond acceptors (Lipinski definition) is 5. The highest BCUT2D eigenvalue weighted by molar-refractivity contribution is 6.30. The van der Waals surface area contributed by atoms with E-state index in [9.17, 15) is 14.4 Å². The van der Waals surface area contributed by atoms with Crippen LogP contribution in [-0.4, -0.2) is 40.5 Å². The van der Waals surface area contributed by atoms with Crippen LogP contribution in [0.4, 0.5) is 0 Å². The van der Waals surface area contributed by atoms with Crippen molar-refractivity contribution in [3.8, 4) is 5.69 Å². The molecule has 1 amide bonds. The van der Waals surface area contributed by atoms with Gasteiger partial charge in [0.25, 0.3) is 11.5 Å². The number of carbonyl (C=O) groups is 1. The molecular weight excluding hydrogens is 408 g/mol. The third kappa shape index (κ3) is 4.84. The molecule has 30 heavy (non-hydrogen) atoms. The minimum atomic E-state index is -0.769. The summed E-state index contributed by atoms with van der Waals surface area (Å²) in [6.45, 7) is 2.39. The molecule has 2 aromatic carbocycles. The first-order valence-corrected chi connectivity index (χ1v) is 9.61. The fourth-order valence-corrected chi connectivity index (χ4v) is 3.10. The molecule has 0 aliphatic heterocycles. The lowest BCUT2D eigenvalue weighted by Crippen LogP contribution is -2.46. The Morgan fingerprint density at radius 2 is 1.93 bits per heavy atom. The van der Waals surface area contributed by atoms with Gasteiger partial charge in [-0.15, -0.1) is 0 Å². The van der Waals surface area contributed by atoms with Gasteiger partial charge >= 0.3 is 5.69 Å². The van der Waals surface area contributed by atoms with E-state index in [4.69, 9.17) is 16.3 Å². The third-order valence-electron chi connectivity index (χ3n) is 4.34. The second kappa shape index (κ2) is 9.51. The van der Waals surface area contributed by atoms with E-state index < -0.39 is 22.9 Å². The Morgan fingerprint density at radius 1 is 1.17 bits per heavy atom. The summed E-state index contributed by atoms with van der Waals surface area (Å²) in [6.07, 6.45) is 0. The molecule has 3 rings (SSSR count). The largest absolute Gasteiger partial charge is 0.383 e. The zero-order valence-corrected chi connectivity index (χ0v) is 17.3. The van der Waals surface area contributed by atoms with Crippen LogP contribution in [0.5, 0.6) is 0 Å². The lowest BCUT2D eigenvalue weighted by Gasteiger charge is -2.13. The predicted octanol–water partition coefficient (Wildman–Crippen LogP) is 1.78. The van der Waals surface area contributed by atoms with Crippen molar-refractivity contribution in [2.75, 3.05) is 20.3 Å². The normalized spacial score (nSPS) is 10.8. The molecule has 0 aliphatic rings. The number of hydrogen-bond donors (Lipinski definition) is 1. The molecule has 0 spiro atoms. The minimum absolute atomic E-state index is 0.000777. The minimum Gasteiger partial charge on any atom is -0.383 e. The topological polar surface area (TPSA) is 95.2 Å². The highest BCUT2D eigenvalue weighted by Gasteiger charge is 2.20. The fourth-order valence-electron chi connectivity index (χ4n) is 2.92. The number of benzene rings is 2. The van der Waals surface area contributed by atoms with E-state index in [0.29, 0.717) is 10.7 Å². The Balaban J connectivity index is 2.15. The average Bonchev–Trinajstić information content (AvgIpc) is 2.71. The first kappa shape index (κ1) is 21.5. The van der Waals surface area contributed by atoms with Crippen molar-refractivity contribution >= 4 is 17.5 Å². The molecule has 0 aliphatic carbocycles. The molecule has 9 heteroatoms. The van der Waals surface area contributed by atoms with Gasteiger partial charge in [0.1, 0.15) is 0 Å². The van der Waals surface area contributed by atoms with Crippen molar-refractivity contribution in [3.63, 3.8) is 0 Å². The van der Waals surface area contributed by atoms with Gasteiger partial charge in [-0.25, -0.2) is 4.79 Å². The number of aromatic nitrogens is 3. The van der Waals surface area contributed by atoms with Gasteiger partial charge in [-0.05, 0) is 30.7 Å². The number of carbonyl (C=O) groups excluding carboxylic acids is 1. The molecule has 156 valence electrons. The molecule has 0 saturated heterocycles. The van der Waals surface area contributed by atoms with Gasteiger partial charge in [0.2, 0.25) is 5.69 Å². The number of aryl methyl sites for hydroxylation is 1. The lowest BCUT2D eigenvalue weighted by atomic mass is 10.1. The maximum atomic E-state index is 13.1. The second-order valence-electron chi connectivity index (χ2n) is 6.65. The highest BCUT2D eigenvalue weighted by Crippen LogP contribution is 2.12. The van der Waals surface area contributed by atoms with Crippen LogP contribution in [0.2, 0.25) is 5.02 Å². The molecule has 0 unspecified atom stereocenters. The molecule has 3 aromatic rings. The van der Waals surface area contributed by atoms with Crippen molar-refractivity contribution in [3.05, 3.63) is 91.2 Å². The van der Waals surface area contributed by atoms with Crippen molar-refractivity contribution in [2.24, 2.45) is 0 Å². The Bertz CT molecular complexity index is 1190. The molecule has 0 saturated carbocycles. The summed E-state index contributed by atoms with van der Waals surface area (Å²) in [7, 11) is 1.50. The molecule has 1 aromatic heterocycles. The Morgan fingerprint density at radius 3 is 2.63 bits per heavy atom. The Kier molecular flexibility index (Phi) is 6.81. The smallest absolute Gasteiger partial charge is 0.352 e. The van der Waals surface area contributed by atoms with Crippen molar-refractivity contribution in [1.29, 1.82) is 0 Å². The zero-order valence-electron chi connectivity index (χ0n) is 16.6. The van der Waals surface area contributed by atoms with Crippen LogP contribution in [0.25, 0.3) is 5.69 Å². The van der Waals surface area contributed by atoms with E-state index in [0.717, 1.165) is 20.4 Å². The SMILES string of the molecule is COCCNC(=O)c1nn(-c2cccc(Cl)c2)c(=O)n(Cc2cccc(C)c2)c1=O. The fraction of sp³-hybridized carbons (Fsp3) is 0.238. The number of halogens is 1. The monoisotopic (exact) mass is 428 g/mol. The molecule has 0 bridgehead atoms. The van der Waals surface area contributed by atoms with Crippen LogP contribution in [0.3, 0.4) is 0 Å². The van der Waals surface area contributed by atoms with Crippen LogP contribution in [-0.2, 0) is 11.3 Å². The van der Waals surface area contributed by atoms with Crippen molar-refractivity contribution < 1.29 is 9.53 Å². The summed E-state index contributed by atoms with van der Waals surface area (Å²) >= 11 is 6.05. The second-order valence-corrected chi connectivity index (χ2v) is 7.09. The first-order valence-electron chi connectivity index (χ1n) is 9.23. The molecule has 0 fully saturated rings. The molecule has 1 heterocycles. The van der Waals surface area contributed by atoms with Gasteiger partial charge in [0.05, 0.1) is 18.8 Å². The van der Waals surface area contributed by atoms with E-state index in [-0.39, 0.29) is 19.7 Å². The van der Waals surface area contributed by atoms with E-state index in [1.165, 1.54) is 13.2 Å². The molecule has 1 N–H and O–H groups in total. The number of amides is 1. The lowest BCUT2D eigenvalue weighted by molar-refractivity contribution is 0.0927. The van der Waals surface area contributed by atoms with Crippen LogP contribution in [0, 0.1) is 6.92 Å². The third-order valence-corrected chi connectivity index (χ3v) is 4.58. The van der Waals surface area contributed by atoms with Crippen LogP contribution in [0.15, 0.2) is 58.1 Å². The van der Waals surface area contributed by atoms with E-state index in [2.05, 4.69) is 10.4 Å². The Hall–Kier alpha value is -3.23. The summed E-state index contributed by atoms with van der Waals surface area (Å²) in [5, 5.41) is 7.00. The van der Waals surface area contributed by atoms with Gasteiger partial charge in [-0.3, -0.25) is 14.2 Å². The van der Waals surface area contributed by atoms with Gasteiger partial charge in [0.15, 0.2) is 0 Å². The van der Waals surface area contributed by atoms with Gasteiger partial charge in [-0.2, -0.15) is 9.78 Å². The number of nitrogens with zero attached hydrogens (tertiary/aromatic N) is 3. The van der Waals surface area contributed by atoms with Gasteiger partial charge in [-0.1, -0.05) is 47.5 Å². The van der Waals surface area contributed by atoms with E-state index >= 15 is 0 Å². The Labute approximate surface area is 177 Å².